The Bertz CT molecular complexity index is 801. The number of rotatable bonds is 7. The molecule has 2 aromatic rings. The van der Waals surface area contributed by atoms with Crippen LogP contribution in [0.1, 0.15) is 27.9 Å². The van der Waals surface area contributed by atoms with E-state index in [4.69, 9.17) is 15.1 Å². The smallest absolute Gasteiger partial charge is 0.306 e. The number of hydrogen-bond acceptors (Lipinski definition) is 4. The summed E-state index contributed by atoms with van der Waals surface area (Å²) < 4.78 is 5.34. The van der Waals surface area contributed by atoms with E-state index in [9.17, 15) is 9.59 Å². The Morgan fingerprint density at radius 1 is 1.17 bits per heavy atom. The van der Waals surface area contributed by atoms with Crippen LogP contribution in [0.15, 0.2) is 54.6 Å². The van der Waals surface area contributed by atoms with E-state index in [-0.39, 0.29) is 18.8 Å². The molecule has 5 nitrogen and oxygen atoms in total. The molecule has 0 aliphatic carbocycles. The number of carbonyl (C=O) groups excluding carboxylic acids is 1. The van der Waals surface area contributed by atoms with E-state index >= 15 is 0 Å². The maximum Gasteiger partial charge on any atom is 0.306 e. The third-order valence-electron chi connectivity index (χ3n) is 3.17. The Morgan fingerprint density at radius 3 is 2.58 bits per heavy atom. The number of ether oxygens (including phenoxy) is 1. The van der Waals surface area contributed by atoms with Crippen molar-refractivity contribution in [1.29, 1.82) is 5.26 Å². The molecular weight excluding hydrogens is 306 g/mol. The second-order valence-corrected chi connectivity index (χ2v) is 4.95. The van der Waals surface area contributed by atoms with Gasteiger partial charge in [0, 0.05) is 5.56 Å². The van der Waals surface area contributed by atoms with Gasteiger partial charge in [0.25, 0.3) is 0 Å². The molecule has 5 heteroatoms. The standard InChI is InChI=1S/C19H15NO4/c20-13-15-4-7-16(8-5-15)18(21)9-6-14-2-1-3-17(12-14)24-11-10-19(22)23/h1-9,12H,10-11H2,(H,22,23)/b9-6+. The lowest BCUT2D eigenvalue weighted by Crippen LogP contribution is -2.04. The fraction of sp³-hybridized carbons (Fsp3) is 0.105. The molecule has 0 radical (unpaired) electrons. The van der Waals surface area contributed by atoms with Crippen molar-refractivity contribution in [3.8, 4) is 11.8 Å². The zero-order chi connectivity index (χ0) is 17.4. The summed E-state index contributed by atoms with van der Waals surface area (Å²) in [5.74, 6) is -0.542. The van der Waals surface area contributed by atoms with E-state index in [0.717, 1.165) is 5.56 Å². The molecule has 0 saturated carbocycles. The molecule has 0 atom stereocenters. The monoisotopic (exact) mass is 321 g/mol. The first-order chi connectivity index (χ1) is 11.6. The molecule has 0 unspecified atom stereocenters. The van der Waals surface area contributed by atoms with Gasteiger partial charge in [0.05, 0.1) is 24.7 Å². The van der Waals surface area contributed by atoms with Crippen LogP contribution in [0, 0.1) is 11.3 Å². The van der Waals surface area contributed by atoms with Gasteiger partial charge >= 0.3 is 5.97 Å². The third-order valence-corrected chi connectivity index (χ3v) is 3.17. The van der Waals surface area contributed by atoms with Gasteiger partial charge in [-0.25, -0.2) is 0 Å². The number of hydrogen-bond donors (Lipinski definition) is 1. The molecule has 0 amide bonds. The summed E-state index contributed by atoms with van der Waals surface area (Å²) in [6.45, 7) is 0.0900. The predicted molar refractivity (Wildman–Crippen MR) is 88.7 cm³/mol. The summed E-state index contributed by atoms with van der Waals surface area (Å²) in [6, 6.07) is 15.4. The molecule has 24 heavy (non-hydrogen) atoms. The summed E-state index contributed by atoms with van der Waals surface area (Å²) in [5.41, 5.74) is 1.77. The van der Waals surface area contributed by atoms with Crippen LogP contribution in [0.25, 0.3) is 6.08 Å². The minimum Gasteiger partial charge on any atom is -0.493 e. The largest absolute Gasteiger partial charge is 0.493 e. The topological polar surface area (TPSA) is 87.4 Å². The summed E-state index contributed by atoms with van der Waals surface area (Å²) >= 11 is 0. The van der Waals surface area contributed by atoms with Crippen LogP contribution in [0.2, 0.25) is 0 Å². The Balaban J connectivity index is 2.01. The van der Waals surface area contributed by atoms with Gasteiger partial charge < -0.3 is 9.84 Å². The fourth-order valence-corrected chi connectivity index (χ4v) is 1.94. The molecule has 1 N–H and O–H groups in total. The first kappa shape index (κ1) is 17.0. The fourth-order valence-electron chi connectivity index (χ4n) is 1.94. The first-order valence-electron chi connectivity index (χ1n) is 7.26. The van der Waals surface area contributed by atoms with Crippen LogP contribution in [0.4, 0.5) is 0 Å². The van der Waals surface area contributed by atoms with Gasteiger partial charge in [-0.15, -0.1) is 0 Å². The Morgan fingerprint density at radius 2 is 1.92 bits per heavy atom. The van der Waals surface area contributed by atoms with Crippen molar-refractivity contribution in [2.24, 2.45) is 0 Å². The SMILES string of the molecule is N#Cc1ccc(C(=O)/C=C/c2cccc(OCCC(=O)O)c2)cc1. The highest BCUT2D eigenvalue weighted by Gasteiger charge is 2.02. The molecule has 120 valence electrons. The van der Waals surface area contributed by atoms with Gasteiger partial charge in [-0.1, -0.05) is 18.2 Å². The predicted octanol–water partition coefficient (Wildman–Crippen LogP) is 3.31. The van der Waals surface area contributed by atoms with E-state index in [0.29, 0.717) is 16.9 Å². The highest BCUT2D eigenvalue weighted by Crippen LogP contribution is 2.15. The number of nitrogens with zero attached hydrogens (tertiary/aromatic N) is 1. The Labute approximate surface area is 139 Å². The second kappa shape index (κ2) is 8.30. The van der Waals surface area contributed by atoms with Crippen LogP contribution in [-0.2, 0) is 4.79 Å². The molecule has 0 fully saturated rings. The Kier molecular flexibility index (Phi) is 5.87. The van der Waals surface area contributed by atoms with Crippen molar-refractivity contribution in [3.05, 3.63) is 71.3 Å². The summed E-state index contributed by atoms with van der Waals surface area (Å²) in [7, 11) is 0. The number of benzene rings is 2. The van der Waals surface area contributed by atoms with E-state index in [1.165, 1.54) is 6.08 Å². The number of carboxylic acids is 1. The van der Waals surface area contributed by atoms with Crippen molar-refractivity contribution in [3.63, 3.8) is 0 Å². The van der Waals surface area contributed by atoms with Gasteiger partial charge in [0.2, 0.25) is 0 Å². The van der Waals surface area contributed by atoms with Crippen LogP contribution < -0.4 is 4.74 Å². The van der Waals surface area contributed by atoms with Crippen molar-refractivity contribution < 1.29 is 19.4 Å². The summed E-state index contributed by atoms with van der Waals surface area (Å²) in [4.78, 5) is 22.5. The molecule has 0 spiro atoms. The average Bonchev–Trinajstić information content (AvgIpc) is 2.60. The molecule has 0 heterocycles. The Hall–Kier alpha value is -3.39. The van der Waals surface area contributed by atoms with Gasteiger partial charge in [0.15, 0.2) is 5.78 Å². The van der Waals surface area contributed by atoms with Crippen LogP contribution in [-0.4, -0.2) is 23.5 Å². The van der Waals surface area contributed by atoms with Gasteiger partial charge in [-0.2, -0.15) is 5.26 Å². The van der Waals surface area contributed by atoms with Crippen LogP contribution >= 0.6 is 0 Å². The van der Waals surface area contributed by atoms with E-state index in [1.54, 1.807) is 48.5 Å². The number of nitriles is 1. The maximum absolute atomic E-state index is 12.1. The van der Waals surface area contributed by atoms with Crippen molar-refractivity contribution in [2.75, 3.05) is 6.61 Å². The molecule has 0 aromatic heterocycles. The van der Waals surface area contributed by atoms with Gasteiger partial charge in [0.1, 0.15) is 5.75 Å². The summed E-state index contributed by atoms with van der Waals surface area (Å²) in [6.07, 6.45) is 3.03. The lowest BCUT2D eigenvalue weighted by molar-refractivity contribution is -0.137. The average molecular weight is 321 g/mol. The molecular formula is C19H15NO4. The lowest BCUT2D eigenvalue weighted by atomic mass is 10.1. The zero-order valence-electron chi connectivity index (χ0n) is 12.8. The highest BCUT2D eigenvalue weighted by atomic mass is 16.5. The highest BCUT2D eigenvalue weighted by molar-refractivity contribution is 6.06. The quantitative estimate of drug-likeness (QED) is 0.624. The third kappa shape index (κ3) is 5.11. The molecule has 2 rings (SSSR count). The molecule has 0 aliphatic heterocycles. The van der Waals surface area contributed by atoms with E-state index in [2.05, 4.69) is 0 Å². The zero-order valence-corrected chi connectivity index (χ0v) is 12.8. The molecule has 0 saturated heterocycles. The van der Waals surface area contributed by atoms with E-state index < -0.39 is 5.97 Å². The molecule has 0 aliphatic rings. The van der Waals surface area contributed by atoms with E-state index in [1.807, 2.05) is 12.1 Å². The van der Waals surface area contributed by atoms with Crippen molar-refractivity contribution in [1.82, 2.24) is 0 Å². The maximum atomic E-state index is 12.1. The number of allylic oxidation sites excluding steroid dienone is 1. The second-order valence-electron chi connectivity index (χ2n) is 4.95. The minimum atomic E-state index is -0.918. The van der Waals surface area contributed by atoms with Gasteiger partial charge in [-0.3, -0.25) is 9.59 Å². The minimum absolute atomic E-state index is 0.0722. The van der Waals surface area contributed by atoms with Crippen LogP contribution in [0.3, 0.4) is 0 Å². The first-order valence-corrected chi connectivity index (χ1v) is 7.26. The number of carbonyl (C=O) groups is 2. The number of ketones is 1. The van der Waals surface area contributed by atoms with Crippen molar-refractivity contribution >= 4 is 17.8 Å². The number of carboxylic acid groups (broad SMARTS) is 1. The van der Waals surface area contributed by atoms with Crippen molar-refractivity contribution in [2.45, 2.75) is 6.42 Å². The number of aliphatic carboxylic acids is 1. The lowest BCUT2D eigenvalue weighted by Gasteiger charge is -2.05. The normalized spacial score (nSPS) is 10.3. The summed E-state index contributed by atoms with van der Waals surface area (Å²) in [5, 5.41) is 17.3. The molecule has 2 aromatic carbocycles. The molecule has 0 bridgehead atoms. The van der Waals surface area contributed by atoms with Crippen LogP contribution in [0.5, 0.6) is 5.75 Å². The van der Waals surface area contributed by atoms with Gasteiger partial charge in [-0.05, 0) is 48.0 Å².